The van der Waals surface area contributed by atoms with Crippen molar-refractivity contribution in [2.75, 3.05) is 5.32 Å². The highest BCUT2D eigenvalue weighted by molar-refractivity contribution is 5.45. The normalized spacial score (nSPS) is 10.7. The van der Waals surface area contributed by atoms with Crippen molar-refractivity contribution in [1.82, 2.24) is 14.6 Å². The lowest BCUT2D eigenvalue weighted by Gasteiger charge is -2.01. The number of anilines is 1. The Balaban J connectivity index is 1.77. The Labute approximate surface area is 120 Å². The predicted molar refractivity (Wildman–Crippen MR) is 78.1 cm³/mol. The van der Waals surface area contributed by atoms with Gasteiger partial charge >= 0.3 is 0 Å². The molecule has 2 heterocycles. The number of nitro groups is 1. The molecule has 3 aromatic rings. The van der Waals surface area contributed by atoms with Crippen LogP contribution in [0.3, 0.4) is 0 Å². The molecule has 0 saturated heterocycles. The topological polar surface area (TPSA) is 85.4 Å². The van der Waals surface area contributed by atoms with Crippen LogP contribution in [0, 0.1) is 17.0 Å². The van der Waals surface area contributed by atoms with Crippen molar-refractivity contribution in [2.45, 2.75) is 13.5 Å². The molecule has 0 bridgehead atoms. The van der Waals surface area contributed by atoms with Gasteiger partial charge in [-0.1, -0.05) is 12.1 Å². The third-order valence-electron chi connectivity index (χ3n) is 3.07. The minimum Gasteiger partial charge on any atom is -0.349 e. The summed E-state index contributed by atoms with van der Waals surface area (Å²) in [6.45, 7) is 2.42. The van der Waals surface area contributed by atoms with Crippen LogP contribution in [0.5, 0.6) is 0 Å². The molecule has 1 aromatic carbocycles. The second kappa shape index (κ2) is 5.20. The first-order chi connectivity index (χ1) is 10.1. The molecule has 3 rings (SSSR count). The van der Waals surface area contributed by atoms with E-state index in [1.807, 2.05) is 31.3 Å². The fourth-order valence-electron chi connectivity index (χ4n) is 2.02. The molecule has 7 nitrogen and oxygen atoms in total. The standard InChI is InChI=1S/C14H13N5O2/c1-10-5-6-18-13(7-10)16-14(17-18)15-9-11-3-2-4-12(8-11)19(20)21/h2-8H,9H2,1H3,(H,15,17). The second-order valence-electron chi connectivity index (χ2n) is 4.72. The Morgan fingerprint density at radius 2 is 2.19 bits per heavy atom. The van der Waals surface area contributed by atoms with Crippen LogP contribution in [-0.2, 0) is 6.54 Å². The van der Waals surface area contributed by atoms with Crippen LogP contribution >= 0.6 is 0 Å². The van der Waals surface area contributed by atoms with E-state index in [-0.39, 0.29) is 5.69 Å². The van der Waals surface area contributed by atoms with Crippen LogP contribution in [0.1, 0.15) is 11.1 Å². The molecular weight excluding hydrogens is 270 g/mol. The Morgan fingerprint density at radius 1 is 1.33 bits per heavy atom. The molecule has 0 atom stereocenters. The van der Waals surface area contributed by atoms with E-state index in [2.05, 4.69) is 15.4 Å². The number of aryl methyl sites for hydroxylation is 1. The van der Waals surface area contributed by atoms with E-state index in [1.165, 1.54) is 12.1 Å². The average molecular weight is 283 g/mol. The summed E-state index contributed by atoms with van der Waals surface area (Å²) in [6, 6.07) is 10.4. The van der Waals surface area contributed by atoms with Crippen molar-refractivity contribution >= 4 is 17.3 Å². The van der Waals surface area contributed by atoms with E-state index in [9.17, 15) is 10.1 Å². The summed E-state index contributed by atoms with van der Waals surface area (Å²) in [6.07, 6.45) is 1.84. The van der Waals surface area contributed by atoms with E-state index in [0.717, 1.165) is 16.8 Å². The van der Waals surface area contributed by atoms with Gasteiger partial charge in [-0.3, -0.25) is 10.1 Å². The Bertz CT molecular complexity index is 812. The first-order valence-electron chi connectivity index (χ1n) is 6.42. The third kappa shape index (κ3) is 2.81. The highest BCUT2D eigenvalue weighted by Crippen LogP contribution is 2.14. The first-order valence-corrected chi connectivity index (χ1v) is 6.42. The Hall–Kier alpha value is -2.96. The summed E-state index contributed by atoms with van der Waals surface area (Å²) in [5.41, 5.74) is 2.75. The van der Waals surface area contributed by atoms with Gasteiger partial charge in [0.2, 0.25) is 5.95 Å². The van der Waals surface area contributed by atoms with Gasteiger partial charge in [0.05, 0.1) is 4.92 Å². The molecule has 0 aliphatic heterocycles. The van der Waals surface area contributed by atoms with Crippen LogP contribution < -0.4 is 5.32 Å². The summed E-state index contributed by atoms with van der Waals surface area (Å²) in [7, 11) is 0. The number of benzene rings is 1. The number of hydrogen-bond acceptors (Lipinski definition) is 5. The molecule has 0 spiro atoms. The Kier molecular flexibility index (Phi) is 3.23. The van der Waals surface area contributed by atoms with Crippen LogP contribution in [0.15, 0.2) is 42.6 Å². The van der Waals surface area contributed by atoms with E-state index in [1.54, 1.807) is 10.6 Å². The zero-order chi connectivity index (χ0) is 14.8. The van der Waals surface area contributed by atoms with Crippen molar-refractivity contribution in [3.05, 3.63) is 63.8 Å². The van der Waals surface area contributed by atoms with Gasteiger partial charge in [0, 0.05) is 24.9 Å². The number of nitro benzene ring substituents is 1. The maximum absolute atomic E-state index is 10.7. The summed E-state index contributed by atoms with van der Waals surface area (Å²) in [5, 5.41) is 18.1. The molecule has 0 aliphatic rings. The molecule has 1 N–H and O–H groups in total. The monoisotopic (exact) mass is 283 g/mol. The lowest BCUT2D eigenvalue weighted by molar-refractivity contribution is -0.384. The molecule has 106 valence electrons. The summed E-state index contributed by atoms with van der Waals surface area (Å²) in [5.74, 6) is 0.493. The number of aromatic nitrogens is 3. The molecule has 0 amide bonds. The van der Waals surface area contributed by atoms with Gasteiger partial charge in [0.15, 0.2) is 5.65 Å². The van der Waals surface area contributed by atoms with Crippen molar-refractivity contribution in [3.63, 3.8) is 0 Å². The van der Waals surface area contributed by atoms with Crippen molar-refractivity contribution in [3.8, 4) is 0 Å². The summed E-state index contributed by atoms with van der Waals surface area (Å²) >= 11 is 0. The molecular formula is C14H13N5O2. The van der Waals surface area contributed by atoms with E-state index >= 15 is 0 Å². The van der Waals surface area contributed by atoms with Gasteiger partial charge in [-0.25, -0.2) is 4.52 Å². The minimum absolute atomic E-state index is 0.0767. The molecule has 0 radical (unpaired) electrons. The third-order valence-corrected chi connectivity index (χ3v) is 3.07. The van der Waals surface area contributed by atoms with Crippen molar-refractivity contribution < 1.29 is 4.92 Å². The molecule has 0 saturated carbocycles. The lowest BCUT2D eigenvalue weighted by Crippen LogP contribution is -2.01. The van der Waals surface area contributed by atoms with Crippen molar-refractivity contribution in [2.24, 2.45) is 0 Å². The number of nitrogens with zero attached hydrogens (tertiary/aromatic N) is 4. The number of pyridine rings is 1. The number of non-ortho nitro benzene ring substituents is 1. The van der Waals surface area contributed by atoms with Crippen LogP contribution in [0.2, 0.25) is 0 Å². The average Bonchev–Trinajstić information content (AvgIpc) is 2.87. The molecule has 0 unspecified atom stereocenters. The van der Waals surface area contributed by atoms with Gasteiger partial charge < -0.3 is 5.32 Å². The highest BCUT2D eigenvalue weighted by atomic mass is 16.6. The van der Waals surface area contributed by atoms with Crippen molar-refractivity contribution in [1.29, 1.82) is 0 Å². The van der Waals surface area contributed by atoms with E-state index in [0.29, 0.717) is 12.5 Å². The highest BCUT2D eigenvalue weighted by Gasteiger charge is 2.07. The van der Waals surface area contributed by atoms with Gasteiger partial charge in [-0.15, -0.1) is 5.10 Å². The first kappa shape index (κ1) is 13.0. The summed E-state index contributed by atoms with van der Waals surface area (Å²) < 4.78 is 1.68. The Morgan fingerprint density at radius 3 is 3.00 bits per heavy atom. The number of nitrogens with one attached hydrogen (secondary N) is 1. The maximum atomic E-state index is 10.7. The summed E-state index contributed by atoms with van der Waals surface area (Å²) in [4.78, 5) is 14.7. The maximum Gasteiger partial charge on any atom is 0.269 e. The van der Waals surface area contributed by atoms with Gasteiger partial charge in [-0.05, 0) is 30.2 Å². The smallest absolute Gasteiger partial charge is 0.269 e. The SMILES string of the molecule is Cc1ccn2nc(NCc3cccc([N+](=O)[O-])c3)nc2c1. The van der Waals surface area contributed by atoms with Gasteiger partial charge in [0.1, 0.15) is 0 Å². The fourth-order valence-corrected chi connectivity index (χ4v) is 2.02. The van der Waals surface area contributed by atoms with Crippen LogP contribution in [-0.4, -0.2) is 19.5 Å². The molecule has 21 heavy (non-hydrogen) atoms. The zero-order valence-electron chi connectivity index (χ0n) is 11.4. The van der Waals surface area contributed by atoms with E-state index < -0.39 is 4.92 Å². The van der Waals surface area contributed by atoms with E-state index in [4.69, 9.17) is 0 Å². The quantitative estimate of drug-likeness (QED) is 0.587. The number of rotatable bonds is 4. The second-order valence-corrected chi connectivity index (χ2v) is 4.72. The van der Waals surface area contributed by atoms with Crippen LogP contribution in [0.25, 0.3) is 5.65 Å². The molecule has 2 aromatic heterocycles. The minimum atomic E-state index is -0.407. The number of hydrogen-bond donors (Lipinski definition) is 1. The fraction of sp³-hybridized carbons (Fsp3) is 0.143. The van der Waals surface area contributed by atoms with Gasteiger partial charge in [-0.2, -0.15) is 4.98 Å². The molecule has 0 fully saturated rings. The molecule has 7 heteroatoms. The largest absolute Gasteiger partial charge is 0.349 e. The zero-order valence-corrected chi connectivity index (χ0v) is 11.4. The lowest BCUT2D eigenvalue weighted by atomic mass is 10.2. The predicted octanol–water partition coefficient (Wildman–Crippen LogP) is 2.56. The van der Waals surface area contributed by atoms with Crippen LogP contribution in [0.4, 0.5) is 11.6 Å². The number of fused-ring (bicyclic) bond motifs is 1. The molecule has 0 aliphatic carbocycles. The van der Waals surface area contributed by atoms with Gasteiger partial charge in [0.25, 0.3) is 5.69 Å².